The van der Waals surface area contributed by atoms with Gasteiger partial charge in [-0.05, 0) is 44.4 Å². The van der Waals surface area contributed by atoms with Crippen molar-refractivity contribution >= 4 is 10.1 Å². The maximum absolute atomic E-state index is 12.4. The Morgan fingerprint density at radius 3 is 2.26 bits per heavy atom. The van der Waals surface area contributed by atoms with Gasteiger partial charge in [0, 0.05) is 5.41 Å². The smallest absolute Gasteiger partial charge is 0.265 e. The number of benzene rings is 2. The van der Waals surface area contributed by atoms with Crippen LogP contribution in [0.15, 0.2) is 53.4 Å². The van der Waals surface area contributed by atoms with E-state index in [1.54, 1.807) is 24.3 Å². The van der Waals surface area contributed by atoms with Crippen molar-refractivity contribution in [3.63, 3.8) is 0 Å². The van der Waals surface area contributed by atoms with E-state index in [2.05, 4.69) is 25.1 Å². The van der Waals surface area contributed by atoms with Crippen molar-refractivity contribution in [3.8, 4) is 0 Å². The molecule has 122 valence electrons. The van der Waals surface area contributed by atoms with Crippen LogP contribution in [-0.2, 0) is 19.7 Å². The van der Waals surface area contributed by atoms with Crippen molar-refractivity contribution in [2.45, 2.75) is 43.4 Å². The topological polar surface area (TPSA) is 43.4 Å². The van der Waals surface area contributed by atoms with Crippen LogP contribution in [-0.4, -0.2) is 15.0 Å². The zero-order valence-electron chi connectivity index (χ0n) is 13.6. The summed E-state index contributed by atoms with van der Waals surface area (Å²) in [4.78, 5) is 0.224. The van der Waals surface area contributed by atoms with Crippen LogP contribution < -0.4 is 0 Å². The predicted octanol–water partition coefficient (Wildman–Crippen LogP) is 4.13. The SMILES string of the molecule is Cc1ccc(S(=O)(=O)OCC2(c3cccc(C)c3)CCC2)cc1. The third-order valence-corrected chi connectivity index (χ3v) is 6.02. The molecule has 0 heterocycles. The van der Waals surface area contributed by atoms with Crippen LogP contribution in [0.25, 0.3) is 0 Å². The molecule has 1 aliphatic rings. The van der Waals surface area contributed by atoms with Gasteiger partial charge in [-0.3, -0.25) is 4.18 Å². The van der Waals surface area contributed by atoms with E-state index in [-0.39, 0.29) is 16.9 Å². The van der Waals surface area contributed by atoms with Crippen LogP contribution in [0.2, 0.25) is 0 Å². The molecular formula is C19H22O3S. The van der Waals surface area contributed by atoms with Gasteiger partial charge in [0.2, 0.25) is 0 Å². The van der Waals surface area contributed by atoms with Crippen molar-refractivity contribution in [2.75, 3.05) is 6.61 Å². The Bertz CT molecular complexity index is 788. The summed E-state index contributed by atoms with van der Waals surface area (Å²) in [5.74, 6) is 0. The monoisotopic (exact) mass is 330 g/mol. The fourth-order valence-corrected chi connectivity index (χ4v) is 4.04. The van der Waals surface area contributed by atoms with Crippen LogP contribution >= 0.6 is 0 Å². The molecule has 3 nitrogen and oxygen atoms in total. The van der Waals surface area contributed by atoms with Gasteiger partial charge < -0.3 is 0 Å². The molecule has 0 N–H and O–H groups in total. The first-order chi connectivity index (χ1) is 10.9. The van der Waals surface area contributed by atoms with Crippen molar-refractivity contribution in [3.05, 3.63) is 65.2 Å². The van der Waals surface area contributed by atoms with E-state index in [1.807, 2.05) is 13.0 Å². The van der Waals surface area contributed by atoms with Crippen LogP contribution in [0.1, 0.15) is 36.0 Å². The highest BCUT2D eigenvalue weighted by atomic mass is 32.2. The fourth-order valence-electron chi connectivity index (χ4n) is 3.06. The molecule has 0 saturated heterocycles. The van der Waals surface area contributed by atoms with Gasteiger partial charge in [-0.1, -0.05) is 53.9 Å². The van der Waals surface area contributed by atoms with Crippen molar-refractivity contribution < 1.29 is 12.6 Å². The number of rotatable bonds is 5. The van der Waals surface area contributed by atoms with E-state index >= 15 is 0 Å². The van der Waals surface area contributed by atoms with Gasteiger partial charge in [0.05, 0.1) is 11.5 Å². The Kier molecular flexibility index (Phi) is 4.30. The average molecular weight is 330 g/mol. The molecule has 0 aromatic heterocycles. The van der Waals surface area contributed by atoms with Crippen LogP contribution in [0.3, 0.4) is 0 Å². The first kappa shape index (κ1) is 16.2. The molecule has 2 aromatic carbocycles. The van der Waals surface area contributed by atoms with Gasteiger partial charge in [0.25, 0.3) is 10.1 Å². The molecular weight excluding hydrogens is 308 g/mol. The van der Waals surface area contributed by atoms with Gasteiger partial charge in [-0.2, -0.15) is 8.42 Å². The molecule has 0 spiro atoms. The Morgan fingerprint density at radius 1 is 1.00 bits per heavy atom. The Labute approximate surface area is 138 Å². The number of aryl methyl sites for hydroxylation is 2. The molecule has 0 unspecified atom stereocenters. The summed E-state index contributed by atoms with van der Waals surface area (Å²) >= 11 is 0. The fraction of sp³-hybridized carbons (Fsp3) is 0.368. The predicted molar refractivity (Wildman–Crippen MR) is 91.0 cm³/mol. The minimum atomic E-state index is -3.70. The summed E-state index contributed by atoms with van der Waals surface area (Å²) < 4.78 is 30.2. The molecule has 23 heavy (non-hydrogen) atoms. The second-order valence-corrected chi connectivity index (χ2v) is 8.15. The Hall–Kier alpha value is -1.65. The average Bonchev–Trinajstić information content (AvgIpc) is 2.46. The summed E-state index contributed by atoms with van der Waals surface area (Å²) in [6, 6.07) is 15.1. The summed E-state index contributed by atoms with van der Waals surface area (Å²) in [6.45, 7) is 4.20. The third-order valence-electron chi connectivity index (χ3n) is 4.74. The second-order valence-electron chi connectivity index (χ2n) is 6.53. The van der Waals surface area contributed by atoms with Crippen LogP contribution in [0.4, 0.5) is 0 Å². The van der Waals surface area contributed by atoms with Gasteiger partial charge in [-0.25, -0.2) is 0 Å². The van der Waals surface area contributed by atoms with Gasteiger partial charge in [0.15, 0.2) is 0 Å². The molecule has 3 rings (SSSR count). The number of hydrogen-bond acceptors (Lipinski definition) is 3. The third kappa shape index (κ3) is 3.33. The first-order valence-corrected chi connectivity index (χ1v) is 9.35. The van der Waals surface area contributed by atoms with Gasteiger partial charge in [0.1, 0.15) is 0 Å². The summed E-state index contributed by atoms with van der Waals surface area (Å²) in [5, 5.41) is 0. The lowest BCUT2D eigenvalue weighted by Gasteiger charge is -2.42. The molecule has 4 heteroatoms. The standard InChI is InChI=1S/C19H22O3S/c1-15-7-9-18(10-8-15)23(20,21)22-14-19(11-4-12-19)17-6-3-5-16(2)13-17/h3,5-10,13H,4,11-12,14H2,1-2H3. The Balaban J connectivity index is 1.79. The lowest BCUT2D eigenvalue weighted by molar-refractivity contribution is 0.140. The van der Waals surface area contributed by atoms with E-state index < -0.39 is 10.1 Å². The van der Waals surface area contributed by atoms with Crippen molar-refractivity contribution in [2.24, 2.45) is 0 Å². The van der Waals surface area contributed by atoms with Crippen LogP contribution in [0, 0.1) is 13.8 Å². The van der Waals surface area contributed by atoms with Gasteiger partial charge in [-0.15, -0.1) is 0 Å². The quantitative estimate of drug-likeness (QED) is 0.774. The zero-order valence-corrected chi connectivity index (χ0v) is 14.4. The molecule has 1 fully saturated rings. The van der Waals surface area contributed by atoms with Crippen molar-refractivity contribution in [1.82, 2.24) is 0 Å². The number of hydrogen-bond donors (Lipinski definition) is 0. The highest BCUT2D eigenvalue weighted by Gasteiger charge is 2.40. The molecule has 0 radical (unpaired) electrons. The molecule has 1 saturated carbocycles. The van der Waals surface area contributed by atoms with E-state index in [9.17, 15) is 8.42 Å². The molecule has 2 aromatic rings. The molecule has 1 aliphatic carbocycles. The molecule has 0 amide bonds. The highest BCUT2D eigenvalue weighted by Crippen LogP contribution is 2.44. The maximum Gasteiger partial charge on any atom is 0.297 e. The first-order valence-electron chi connectivity index (χ1n) is 7.95. The van der Waals surface area contributed by atoms with E-state index in [4.69, 9.17) is 4.18 Å². The lowest BCUT2D eigenvalue weighted by Crippen LogP contribution is -2.39. The Morgan fingerprint density at radius 2 is 1.70 bits per heavy atom. The zero-order chi connectivity index (χ0) is 16.5. The second kappa shape index (κ2) is 6.10. The molecule has 0 bridgehead atoms. The lowest BCUT2D eigenvalue weighted by atomic mass is 9.65. The van der Waals surface area contributed by atoms with Crippen molar-refractivity contribution in [1.29, 1.82) is 0 Å². The van der Waals surface area contributed by atoms with E-state index in [0.717, 1.165) is 24.8 Å². The minimum Gasteiger partial charge on any atom is -0.265 e. The molecule has 0 aliphatic heterocycles. The van der Waals surface area contributed by atoms with E-state index in [1.165, 1.54) is 11.1 Å². The maximum atomic E-state index is 12.4. The highest BCUT2D eigenvalue weighted by molar-refractivity contribution is 7.86. The summed E-state index contributed by atoms with van der Waals surface area (Å²) in [6.07, 6.45) is 3.06. The van der Waals surface area contributed by atoms with Gasteiger partial charge >= 0.3 is 0 Å². The largest absolute Gasteiger partial charge is 0.297 e. The molecule has 0 atom stereocenters. The summed E-state index contributed by atoms with van der Waals surface area (Å²) in [5.41, 5.74) is 3.24. The van der Waals surface area contributed by atoms with E-state index in [0.29, 0.717) is 0 Å². The summed E-state index contributed by atoms with van der Waals surface area (Å²) in [7, 11) is -3.70. The minimum absolute atomic E-state index is 0.163. The van der Waals surface area contributed by atoms with Crippen LogP contribution in [0.5, 0.6) is 0 Å². The normalized spacial score (nSPS) is 16.8.